The first-order valence-electron chi connectivity index (χ1n) is 10.1. The second-order valence-electron chi connectivity index (χ2n) is 7.11. The molecular formula is C23H28N4O2S. The van der Waals surface area contributed by atoms with E-state index in [1.165, 1.54) is 5.56 Å². The Morgan fingerprint density at radius 2 is 1.97 bits per heavy atom. The number of benzene rings is 2. The summed E-state index contributed by atoms with van der Waals surface area (Å²) in [5, 5.41) is 11.9. The molecule has 1 heterocycles. The smallest absolute Gasteiger partial charge is 0.216 e. The van der Waals surface area contributed by atoms with Crippen LogP contribution in [0, 0.1) is 11.7 Å². The van der Waals surface area contributed by atoms with E-state index < -0.39 is 0 Å². The van der Waals surface area contributed by atoms with Gasteiger partial charge in [-0.05, 0) is 49.7 Å². The number of rotatable bonds is 9. The molecule has 0 unspecified atom stereocenters. The number of aryl methyl sites for hydroxylation is 1. The number of aromatic amines is 1. The van der Waals surface area contributed by atoms with Crippen LogP contribution in [0.25, 0.3) is 0 Å². The largest absolute Gasteiger partial charge is 0.493 e. The van der Waals surface area contributed by atoms with Gasteiger partial charge in [0.1, 0.15) is 6.61 Å². The number of ether oxygens (including phenoxy) is 2. The zero-order chi connectivity index (χ0) is 21.5. The van der Waals surface area contributed by atoms with Crippen LogP contribution in [0.1, 0.15) is 55.1 Å². The molecule has 0 bridgehead atoms. The Bertz CT molecular complexity index is 1070. The van der Waals surface area contributed by atoms with Crippen LogP contribution in [0.2, 0.25) is 0 Å². The number of para-hydroxylation sites is 1. The zero-order valence-corrected chi connectivity index (χ0v) is 18.7. The number of aromatic nitrogens is 3. The van der Waals surface area contributed by atoms with Crippen molar-refractivity contribution in [3.8, 4) is 11.5 Å². The second-order valence-corrected chi connectivity index (χ2v) is 7.50. The molecule has 0 spiro atoms. The lowest BCUT2D eigenvalue weighted by atomic mass is 10.0. The molecule has 0 amide bonds. The van der Waals surface area contributed by atoms with Gasteiger partial charge in [0.15, 0.2) is 17.3 Å². The summed E-state index contributed by atoms with van der Waals surface area (Å²) in [5.41, 5.74) is 3.10. The number of methoxy groups -OCH3 is 1. The summed E-state index contributed by atoms with van der Waals surface area (Å²) in [4.78, 5) is 0. The number of H-pyrrole nitrogens is 1. The summed E-state index contributed by atoms with van der Waals surface area (Å²) in [6.07, 6.45) is 3.68. The van der Waals surface area contributed by atoms with E-state index >= 15 is 0 Å². The number of nitrogens with zero attached hydrogens (tertiary/aromatic N) is 3. The average Bonchev–Trinajstić information content (AvgIpc) is 3.12. The summed E-state index contributed by atoms with van der Waals surface area (Å²) in [7, 11) is 1.63. The highest BCUT2D eigenvalue weighted by atomic mass is 32.1. The van der Waals surface area contributed by atoms with Crippen molar-refractivity contribution in [2.24, 2.45) is 5.10 Å². The van der Waals surface area contributed by atoms with Crippen molar-refractivity contribution in [2.45, 2.75) is 46.1 Å². The third kappa shape index (κ3) is 4.97. The zero-order valence-electron chi connectivity index (χ0n) is 17.9. The van der Waals surface area contributed by atoms with Gasteiger partial charge in [0.05, 0.1) is 13.3 Å². The maximum Gasteiger partial charge on any atom is 0.216 e. The molecule has 0 saturated carbocycles. The van der Waals surface area contributed by atoms with E-state index in [0.717, 1.165) is 29.8 Å². The molecule has 1 N–H and O–H groups in total. The lowest BCUT2D eigenvalue weighted by Crippen LogP contribution is -2.06. The average molecular weight is 425 g/mol. The molecule has 0 aliphatic rings. The molecule has 3 rings (SSSR count). The Morgan fingerprint density at radius 3 is 2.67 bits per heavy atom. The normalized spacial score (nSPS) is 11.4. The molecule has 3 aromatic rings. The molecule has 0 saturated heterocycles. The van der Waals surface area contributed by atoms with Gasteiger partial charge >= 0.3 is 0 Å². The third-order valence-corrected chi connectivity index (χ3v) is 5.30. The Morgan fingerprint density at radius 1 is 1.20 bits per heavy atom. The molecule has 1 aromatic heterocycles. The fourth-order valence-electron chi connectivity index (χ4n) is 3.36. The van der Waals surface area contributed by atoms with Crippen LogP contribution in [0.15, 0.2) is 47.6 Å². The van der Waals surface area contributed by atoms with Crippen molar-refractivity contribution >= 4 is 18.4 Å². The standard InChI is InChI=1S/C23H28N4O2S/c1-5-18(6-2)22-25-26-23(30)27(22)24-14-19-11-8-12-20(28-4)21(19)29-15-17-10-7-9-16(3)13-17/h7-14,18H,5-6,15H2,1-4H3,(H,26,30)/b24-14-. The molecular weight excluding hydrogens is 396 g/mol. The number of hydrogen-bond donors (Lipinski definition) is 1. The Hall–Kier alpha value is -2.93. The van der Waals surface area contributed by atoms with E-state index in [-0.39, 0.29) is 5.92 Å². The maximum absolute atomic E-state index is 6.15. The predicted octanol–water partition coefficient (Wildman–Crippen LogP) is 5.62. The van der Waals surface area contributed by atoms with Gasteiger partial charge in [-0.25, -0.2) is 0 Å². The molecule has 6 nitrogen and oxygen atoms in total. The van der Waals surface area contributed by atoms with Gasteiger partial charge in [-0.1, -0.05) is 49.7 Å². The summed E-state index contributed by atoms with van der Waals surface area (Å²) in [6, 6.07) is 14.0. The first-order chi connectivity index (χ1) is 14.6. The molecule has 2 aromatic carbocycles. The van der Waals surface area contributed by atoms with Crippen LogP contribution in [0.4, 0.5) is 0 Å². The Balaban J connectivity index is 1.92. The molecule has 7 heteroatoms. The van der Waals surface area contributed by atoms with Gasteiger partial charge in [0, 0.05) is 11.5 Å². The van der Waals surface area contributed by atoms with Crippen LogP contribution >= 0.6 is 12.2 Å². The SMILES string of the molecule is CCC(CC)c1n[nH]c(=S)n1/N=C\c1cccc(OC)c1OCc1cccc(C)c1. The monoisotopic (exact) mass is 424 g/mol. The van der Waals surface area contributed by atoms with Crippen LogP contribution in [-0.4, -0.2) is 28.2 Å². The van der Waals surface area contributed by atoms with Crippen molar-refractivity contribution in [3.05, 3.63) is 69.8 Å². The Labute approximate surface area is 182 Å². The van der Waals surface area contributed by atoms with Crippen molar-refractivity contribution in [2.75, 3.05) is 7.11 Å². The maximum atomic E-state index is 6.15. The second kappa shape index (κ2) is 10.2. The fourth-order valence-corrected chi connectivity index (χ4v) is 3.55. The van der Waals surface area contributed by atoms with Gasteiger partial charge in [-0.2, -0.15) is 14.9 Å². The molecule has 0 atom stereocenters. The minimum absolute atomic E-state index is 0.289. The van der Waals surface area contributed by atoms with Gasteiger partial charge in [-0.15, -0.1) is 0 Å². The summed E-state index contributed by atoms with van der Waals surface area (Å²) in [6.45, 7) is 6.78. The molecule has 0 aliphatic heterocycles. The van der Waals surface area contributed by atoms with E-state index in [0.29, 0.717) is 22.9 Å². The van der Waals surface area contributed by atoms with E-state index in [1.807, 2.05) is 30.3 Å². The van der Waals surface area contributed by atoms with Crippen LogP contribution in [0.5, 0.6) is 11.5 Å². The quantitative estimate of drug-likeness (QED) is 0.357. The van der Waals surface area contributed by atoms with Crippen molar-refractivity contribution < 1.29 is 9.47 Å². The van der Waals surface area contributed by atoms with Gasteiger partial charge < -0.3 is 9.47 Å². The highest BCUT2D eigenvalue weighted by Gasteiger charge is 2.15. The van der Waals surface area contributed by atoms with Gasteiger partial charge in [0.25, 0.3) is 0 Å². The lowest BCUT2D eigenvalue weighted by molar-refractivity contribution is 0.284. The molecule has 0 radical (unpaired) electrons. The van der Waals surface area contributed by atoms with Crippen molar-refractivity contribution in [1.29, 1.82) is 0 Å². The minimum Gasteiger partial charge on any atom is -0.493 e. The van der Waals surface area contributed by atoms with Crippen molar-refractivity contribution in [1.82, 2.24) is 14.9 Å². The number of nitrogens with one attached hydrogen (secondary N) is 1. The summed E-state index contributed by atoms with van der Waals surface area (Å²) < 4.78 is 13.8. The molecule has 30 heavy (non-hydrogen) atoms. The highest BCUT2D eigenvalue weighted by molar-refractivity contribution is 7.71. The van der Waals surface area contributed by atoms with E-state index in [4.69, 9.17) is 21.7 Å². The summed E-state index contributed by atoms with van der Waals surface area (Å²) >= 11 is 5.39. The van der Waals surface area contributed by atoms with E-state index in [1.54, 1.807) is 18.0 Å². The van der Waals surface area contributed by atoms with E-state index in [9.17, 15) is 0 Å². The minimum atomic E-state index is 0.289. The number of hydrogen-bond acceptors (Lipinski definition) is 5. The van der Waals surface area contributed by atoms with E-state index in [2.05, 4.69) is 48.2 Å². The first-order valence-corrected chi connectivity index (χ1v) is 10.5. The highest BCUT2D eigenvalue weighted by Crippen LogP contribution is 2.31. The fraction of sp³-hybridized carbons (Fsp3) is 0.348. The van der Waals surface area contributed by atoms with Crippen molar-refractivity contribution in [3.63, 3.8) is 0 Å². The van der Waals surface area contributed by atoms with Crippen LogP contribution < -0.4 is 9.47 Å². The molecule has 158 valence electrons. The van der Waals surface area contributed by atoms with Crippen LogP contribution in [-0.2, 0) is 6.61 Å². The van der Waals surface area contributed by atoms with Gasteiger partial charge in [-0.3, -0.25) is 5.10 Å². The Kier molecular flexibility index (Phi) is 7.41. The summed E-state index contributed by atoms with van der Waals surface area (Å²) in [5.74, 6) is 2.43. The third-order valence-electron chi connectivity index (χ3n) is 5.03. The molecule has 0 fully saturated rings. The predicted molar refractivity (Wildman–Crippen MR) is 122 cm³/mol. The first kappa shape index (κ1) is 21.8. The topological polar surface area (TPSA) is 64.4 Å². The van der Waals surface area contributed by atoms with Crippen LogP contribution in [0.3, 0.4) is 0 Å². The van der Waals surface area contributed by atoms with Gasteiger partial charge in [0.2, 0.25) is 4.77 Å². The lowest BCUT2D eigenvalue weighted by Gasteiger charge is -2.14. The molecule has 0 aliphatic carbocycles.